The zero-order chi connectivity index (χ0) is 8.77. The summed E-state index contributed by atoms with van der Waals surface area (Å²) < 4.78 is 0. The molecule has 1 nitrogen and oxygen atoms in total. The molecule has 0 atom stereocenters. The Balaban J connectivity index is 2.25. The van der Waals surface area contributed by atoms with E-state index < -0.39 is 0 Å². The summed E-state index contributed by atoms with van der Waals surface area (Å²) in [7, 11) is 0. The van der Waals surface area contributed by atoms with Gasteiger partial charge in [0.2, 0.25) is 0 Å². The van der Waals surface area contributed by atoms with Gasteiger partial charge in [-0.2, -0.15) is 0 Å². The van der Waals surface area contributed by atoms with Crippen molar-refractivity contribution in [2.75, 3.05) is 0 Å². The van der Waals surface area contributed by atoms with Crippen LogP contribution in [0, 0.1) is 12.3 Å². The fourth-order valence-electron chi connectivity index (χ4n) is 1.27. The number of carbonyl (C=O) groups excluding carboxylic acids is 1. The van der Waals surface area contributed by atoms with Gasteiger partial charge in [0.15, 0.2) is 5.78 Å². The first-order chi connectivity index (χ1) is 5.62. The Morgan fingerprint density at radius 1 is 1.50 bits per heavy atom. The number of carbonyl (C=O) groups is 1. The summed E-state index contributed by atoms with van der Waals surface area (Å²) in [6, 6.07) is 3.97. The van der Waals surface area contributed by atoms with E-state index in [1.165, 1.54) is 4.88 Å². The van der Waals surface area contributed by atoms with Crippen LogP contribution in [0.1, 0.15) is 34.3 Å². The summed E-state index contributed by atoms with van der Waals surface area (Å²) in [6.07, 6.45) is 2.14. The van der Waals surface area contributed by atoms with Crippen LogP contribution in [-0.4, -0.2) is 5.78 Å². The molecule has 1 aromatic rings. The van der Waals surface area contributed by atoms with E-state index in [1.807, 2.05) is 19.1 Å². The lowest BCUT2D eigenvalue weighted by Gasteiger charge is -2.02. The second kappa shape index (κ2) is 2.43. The lowest BCUT2D eigenvalue weighted by Crippen LogP contribution is -2.09. The molecule has 0 bridgehead atoms. The molecule has 1 aliphatic rings. The van der Waals surface area contributed by atoms with E-state index in [1.54, 1.807) is 11.3 Å². The van der Waals surface area contributed by atoms with Crippen LogP contribution < -0.4 is 0 Å². The molecule has 0 aromatic carbocycles. The fraction of sp³-hybridized carbons (Fsp3) is 0.500. The van der Waals surface area contributed by atoms with E-state index in [0.29, 0.717) is 5.78 Å². The van der Waals surface area contributed by atoms with Gasteiger partial charge in [0.05, 0.1) is 4.88 Å². The third kappa shape index (κ3) is 1.20. The molecule has 0 unspecified atom stereocenters. The van der Waals surface area contributed by atoms with E-state index in [9.17, 15) is 4.79 Å². The number of ketones is 1. The van der Waals surface area contributed by atoms with Crippen molar-refractivity contribution in [1.82, 2.24) is 0 Å². The smallest absolute Gasteiger partial charge is 0.178 e. The molecule has 2 heteroatoms. The van der Waals surface area contributed by atoms with Gasteiger partial charge in [-0.05, 0) is 31.9 Å². The van der Waals surface area contributed by atoms with Gasteiger partial charge in [0, 0.05) is 10.3 Å². The number of Topliss-reactive ketones (excluding diaryl/α,β-unsaturated/α-hetero) is 1. The van der Waals surface area contributed by atoms with Crippen molar-refractivity contribution in [2.24, 2.45) is 5.41 Å². The van der Waals surface area contributed by atoms with Gasteiger partial charge in [0.1, 0.15) is 0 Å². The Labute approximate surface area is 76.4 Å². The summed E-state index contributed by atoms with van der Waals surface area (Å²) in [6.45, 7) is 4.10. The molecule has 1 heterocycles. The Kier molecular flexibility index (Phi) is 1.62. The predicted octanol–water partition coefficient (Wildman–Crippen LogP) is 3.04. The van der Waals surface area contributed by atoms with Gasteiger partial charge in [-0.25, -0.2) is 0 Å². The maximum atomic E-state index is 11.8. The molecule has 1 fully saturated rings. The van der Waals surface area contributed by atoms with Gasteiger partial charge < -0.3 is 0 Å². The summed E-state index contributed by atoms with van der Waals surface area (Å²) in [5.74, 6) is 0.348. The van der Waals surface area contributed by atoms with Gasteiger partial charge in [-0.1, -0.05) is 6.92 Å². The molecular weight excluding hydrogens is 168 g/mol. The van der Waals surface area contributed by atoms with Crippen LogP contribution in [0.4, 0.5) is 0 Å². The Morgan fingerprint density at radius 2 is 2.17 bits per heavy atom. The van der Waals surface area contributed by atoms with Crippen molar-refractivity contribution < 1.29 is 4.79 Å². The highest BCUT2D eigenvalue weighted by Gasteiger charge is 2.45. The highest BCUT2D eigenvalue weighted by atomic mass is 32.1. The normalized spacial score (nSPS) is 19.2. The molecule has 0 aliphatic heterocycles. The highest BCUT2D eigenvalue weighted by Crippen LogP contribution is 2.48. The van der Waals surface area contributed by atoms with E-state index in [-0.39, 0.29) is 5.41 Å². The van der Waals surface area contributed by atoms with Crippen LogP contribution >= 0.6 is 11.3 Å². The monoisotopic (exact) mass is 180 g/mol. The summed E-state index contributed by atoms with van der Waals surface area (Å²) in [5.41, 5.74) is -0.00269. The van der Waals surface area contributed by atoms with Gasteiger partial charge in [-0.15, -0.1) is 11.3 Å². The quantitative estimate of drug-likeness (QED) is 0.639. The first kappa shape index (κ1) is 7.99. The van der Waals surface area contributed by atoms with Crippen molar-refractivity contribution in [3.05, 3.63) is 21.9 Å². The number of thiophene rings is 1. The minimum Gasteiger partial charge on any atom is -0.293 e. The van der Waals surface area contributed by atoms with Crippen LogP contribution in [0.3, 0.4) is 0 Å². The molecule has 12 heavy (non-hydrogen) atoms. The molecule has 1 aromatic heterocycles. The number of hydrogen-bond acceptors (Lipinski definition) is 2. The molecule has 0 radical (unpaired) electrons. The Bertz CT molecular complexity index is 320. The molecule has 0 amide bonds. The first-order valence-electron chi connectivity index (χ1n) is 4.23. The van der Waals surface area contributed by atoms with Crippen LogP contribution in [0.25, 0.3) is 0 Å². The van der Waals surface area contributed by atoms with Crippen molar-refractivity contribution >= 4 is 17.1 Å². The SMILES string of the molecule is Cc1ccc(C(=O)C2(C)CC2)s1. The number of rotatable bonds is 2. The van der Waals surface area contributed by atoms with Crippen molar-refractivity contribution in [3.8, 4) is 0 Å². The summed E-state index contributed by atoms with van der Waals surface area (Å²) in [4.78, 5) is 13.9. The largest absolute Gasteiger partial charge is 0.293 e. The zero-order valence-electron chi connectivity index (χ0n) is 7.39. The van der Waals surface area contributed by atoms with Crippen molar-refractivity contribution in [3.63, 3.8) is 0 Å². The summed E-state index contributed by atoms with van der Waals surface area (Å²) in [5, 5.41) is 0. The molecule has 0 saturated heterocycles. The van der Waals surface area contributed by atoms with E-state index in [4.69, 9.17) is 0 Å². The van der Waals surface area contributed by atoms with Crippen LogP contribution in [0.2, 0.25) is 0 Å². The van der Waals surface area contributed by atoms with Crippen LogP contribution in [-0.2, 0) is 0 Å². The van der Waals surface area contributed by atoms with E-state index >= 15 is 0 Å². The average molecular weight is 180 g/mol. The fourth-order valence-corrected chi connectivity index (χ4v) is 2.23. The minimum absolute atomic E-state index is 0.00269. The van der Waals surface area contributed by atoms with Crippen molar-refractivity contribution in [1.29, 1.82) is 0 Å². The highest BCUT2D eigenvalue weighted by molar-refractivity contribution is 7.14. The lowest BCUT2D eigenvalue weighted by molar-refractivity contribution is 0.0917. The second-order valence-corrected chi connectivity index (χ2v) is 5.09. The zero-order valence-corrected chi connectivity index (χ0v) is 8.20. The number of aryl methyl sites for hydroxylation is 1. The van der Waals surface area contributed by atoms with Gasteiger partial charge in [-0.3, -0.25) is 4.79 Å². The Hall–Kier alpha value is -0.630. The Morgan fingerprint density at radius 3 is 2.58 bits per heavy atom. The van der Waals surface area contributed by atoms with Gasteiger partial charge >= 0.3 is 0 Å². The number of hydrogen-bond donors (Lipinski definition) is 0. The second-order valence-electron chi connectivity index (χ2n) is 3.80. The molecule has 64 valence electrons. The minimum atomic E-state index is -0.00269. The lowest BCUT2D eigenvalue weighted by atomic mass is 10.0. The van der Waals surface area contributed by atoms with E-state index in [0.717, 1.165) is 17.7 Å². The third-order valence-electron chi connectivity index (χ3n) is 2.51. The first-order valence-corrected chi connectivity index (χ1v) is 5.05. The molecule has 0 N–H and O–H groups in total. The third-order valence-corrected chi connectivity index (χ3v) is 3.51. The van der Waals surface area contributed by atoms with Gasteiger partial charge in [0.25, 0.3) is 0 Å². The topological polar surface area (TPSA) is 17.1 Å². The molecule has 1 aliphatic carbocycles. The van der Waals surface area contributed by atoms with Crippen LogP contribution in [0.5, 0.6) is 0 Å². The van der Waals surface area contributed by atoms with E-state index in [2.05, 4.69) is 6.92 Å². The maximum Gasteiger partial charge on any atom is 0.178 e. The maximum absolute atomic E-state index is 11.8. The molecule has 0 spiro atoms. The van der Waals surface area contributed by atoms with Crippen molar-refractivity contribution in [2.45, 2.75) is 26.7 Å². The summed E-state index contributed by atoms with van der Waals surface area (Å²) >= 11 is 1.61. The average Bonchev–Trinajstić information content (AvgIpc) is 2.62. The molecular formula is C10H12OS. The molecule has 1 saturated carbocycles. The van der Waals surface area contributed by atoms with Crippen LogP contribution in [0.15, 0.2) is 12.1 Å². The predicted molar refractivity (Wildman–Crippen MR) is 50.7 cm³/mol. The standard InChI is InChI=1S/C10H12OS/c1-7-3-4-8(12-7)9(11)10(2)5-6-10/h3-4H,5-6H2,1-2H3. The molecule has 2 rings (SSSR count).